The van der Waals surface area contributed by atoms with E-state index in [2.05, 4.69) is 29.3 Å². The van der Waals surface area contributed by atoms with Crippen LogP contribution in [0.5, 0.6) is 0 Å². The summed E-state index contributed by atoms with van der Waals surface area (Å²) in [6.07, 6.45) is 4.79. The first-order valence-electron chi connectivity index (χ1n) is 6.40. The van der Waals surface area contributed by atoms with Crippen LogP contribution >= 0.6 is 11.8 Å². The Hall–Kier alpha value is -0.220. The van der Waals surface area contributed by atoms with Crippen LogP contribution in [0.15, 0.2) is 0 Å². The lowest BCUT2D eigenvalue weighted by molar-refractivity contribution is -0.122. The van der Waals surface area contributed by atoms with Crippen LogP contribution in [0.4, 0.5) is 0 Å². The monoisotopic (exact) mass is 242 g/mol. The van der Waals surface area contributed by atoms with Gasteiger partial charge in [-0.15, -0.1) is 0 Å². The zero-order valence-electron chi connectivity index (χ0n) is 10.00. The van der Waals surface area contributed by atoms with Crippen molar-refractivity contribution in [1.82, 2.24) is 10.6 Å². The van der Waals surface area contributed by atoms with Gasteiger partial charge in [0.2, 0.25) is 5.91 Å². The van der Waals surface area contributed by atoms with E-state index in [0.29, 0.717) is 17.2 Å². The van der Waals surface area contributed by atoms with Gasteiger partial charge >= 0.3 is 0 Å². The Kier molecular flexibility index (Phi) is 4.53. The summed E-state index contributed by atoms with van der Waals surface area (Å²) in [4.78, 5) is 11.4. The van der Waals surface area contributed by atoms with Crippen molar-refractivity contribution in [3.05, 3.63) is 0 Å². The van der Waals surface area contributed by atoms with Crippen LogP contribution in [-0.2, 0) is 4.79 Å². The minimum Gasteiger partial charge on any atom is -0.355 e. The second-order valence-electron chi connectivity index (χ2n) is 4.84. The summed E-state index contributed by atoms with van der Waals surface area (Å²) < 4.78 is 0. The third-order valence-corrected chi connectivity index (χ3v) is 4.76. The molecule has 2 unspecified atom stereocenters. The first kappa shape index (κ1) is 12.2. The van der Waals surface area contributed by atoms with Crippen molar-refractivity contribution in [2.75, 3.05) is 18.8 Å². The van der Waals surface area contributed by atoms with Crippen LogP contribution in [0.25, 0.3) is 0 Å². The minimum absolute atomic E-state index is 0.257. The summed E-state index contributed by atoms with van der Waals surface area (Å²) in [6.45, 7) is 3.99. The molecule has 1 aliphatic carbocycles. The predicted molar refractivity (Wildman–Crippen MR) is 68.7 cm³/mol. The summed E-state index contributed by atoms with van der Waals surface area (Å²) in [5, 5.41) is 7.26. The lowest BCUT2D eigenvalue weighted by Crippen LogP contribution is -2.43. The molecular weight excluding hydrogens is 220 g/mol. The molecule has 1 aliphatic heterocycles. The van der Waals surface area contributed by atoms with Crippen LogP contribution in [0.1, 0.15) is 32.6 Å². The van der Waals surface area contributed by atoms with Gasteiger partial charge in [-0.2, -0.15) is 11.8 Å². The van der Waals surface area contributed by atoms with Crippen molar-refractivity contribution in [3.8, 4) is 0 Å². The fraction of sp³-hybridized carbons (Fsp3) is 0.917. The van der Waals surface area contributed by atoms with E-state index in [0.717, 1.165) is 25.9 Å². The number of carbonyl (C=O) groups is 1. The van der Waals surface area contributed by atoms with Crippen LogP contribution < -0.4 is 10.6 Å². The van der Waals surface area contributed by atoms with E-state index in [-0.39, 0.29) is 5.91 Å². The Balaban J connectivity index is 1.54. The second kappa shape index (κ2) is 5.92. The molecule has 92 valence electrons. The third kappa shape index (κ3) is 3.67. The molecule has 4 heteroatoms. The highest BCUT2D eigenvalue weighted by molar-refractivity contribution is 7.99. The highest BCUT2D eigenvalue weighted by Gasteiger charge is 2.29. The summed E-state index contributed by atoms with van der Waals surface area (Å²) in [7, 11) is 0. The van der Waals surface area contributed by atoms with E-state index in [1.807, 2.05) is 0 Å². The first-order valence-corrected chi connectivity index (χ1v) is 7.45. The smallest absolute Gasteiger partial charge is 0.223 e. The molecule has 3 nitrogen and oxygen atoms in total. The van der Waals surface area contributed by atoms with E-state index < -0.39 is 0 Å². The van der Waals surface area contributed by atoms with Gasteiger partial charge in [0.15, 0.2) is 0 Å². The number of hydrogen-bond donors (Lipinski definition) is 2. The van der Waals surface area contributed by atoms with Gasteiger partial charge in [0.05, 0.1) is 0 Å². The Morgan fingerprint density at radius 2 is 2.12 bits per heavy atom. The average molecular weight is 242 g/mol. The predicted octanol–water partition coefficient (Wildman–Crippen LogP) is 1.39. The quantitative estimate of drug-likeness (QED) is 0.716. The molecule has 2 N–H and O–H groups in total. The van der Waals surface area contributed by atoms with Crippen LogP contribution in [0, 0.1) is 5.92 Å². The van der Waals surface area contributed by atoms with Crippen LogP contribution in [0.2, 0.25) is 0 Å². The highest BCUT2D eigenvalue weighted by atomic mass is 32.2. The number of rotatable bonds is 5. The third-order valence-electron chi connectivity index (χ3n) is 3.39. The van der Waals surface area contributed by atoms with Crippen molar-refractivity contribution >= 4 is 17.7 Å². The van der Waals surface area contributed by atoms with Gasteiger partial charge in [-0.05, 0) is 31.4 Å². The van der Waals surface area contributed by atoms with Gasteiger partial charge in [0, 0.05) is 30.3 Å². The molecule has 2 atom stereocenters. The fourth-order valence-corrected chi connectivity index (χ4v) is 3.29. The minimum atomic E-state index is 0.257. The van der Waals surface area contributed by atoms with Crippen molar-refractivity contribution < 1.29 is 4.79 Å². The molecule has 2 aliphatic rings. The SMILES string of the molecule is CC1SCCCC1NCCNC(=O)C1CC1. The van der Waals surface area contributed by atoms with Crippen molar-refractivity contribution in [3.63, 3.8) is 0 Å². The Labute approximate surface area is 102 Å². The molecular formula is C12H22N2OS. The van der Waals surface area contributed by atoms with Crippen LogP contribution in [0.3, 0.4) is 0 Å². The second-order valence-corrected chi connectivity index (χ2v) is 6.33. The van der Waals surface area contributed by atoms with Crippen LogP contribution in [-0.4, -0.2) is 36.0 Å². The molecule has 1 saturated carbocycles. The van der Waals surface area contributed by atoms with Gasteiger partial charge in [0.1, 0.15) is 0 Å². The molecule has 0 aromatic carbocycles. The maximum absolute atomic E-state index is 11.4. The lowest BCUT2D eigenvalue weighted by Gasteiger charge is -2.29. The van der Waals surface area contributed by atoms with E-state index in [1.54, 1.807) is 0 Å². The molecule has 2 fully saturated rings. The summed E-state index contributed by atoms with van der Waals surface area (Å²) in [6, 6.07) is 0.636. The van der Waals surface area contributed by atoms with Crippen molar-refractivity contribution in [2.24, 2.45) is 5.92 Å². The molecule has 1 amide bonds. The van der Waals surface area contributed by atoms with Gasteiger partial charge < -0.3 is 10.6 Å². The normalized spacial score (nSPS) is 30.1. The van der Waals surface area contributed by atoms with Gasteiger partial charge in [-0.1, -0.05) is 6.92 Å². The molecule has 0 aromatic rings. The number of thioether (sulfide) groups is 1. The maximum Gasteiger partial charge on any atom is 0.223 e. The highest BCUT2D eigenvalue weighted by Crippen LogP contribution is 2.28. The van der Waals surface area contributed by atoms with Gasteiger partial charge in [-0.3, -0.25) is 4.79 Å². The molecule has 0 spiro atoms. The Bertz CT molecular complexity index is 243. The number of nitrogens with one attached hydrogen (secondary N) is 2. The molecule has 0 radical (unpaired) electrons. The van der Waals surface area contributed by atoms with E-state index >= 15 is 0 Å². The molecule has 0 bridgehead atoms. The average Bonchev–Trinajstić information content (AvgIpc) is 3.10. The molecule has 16 heavy (non-hydrogen) atoms. The van der Waals surface area contributed by atoms with Gasteiger partial charge in [-0.25, -0.2) is 0 Å². The standard InChI is InChI=1S/C12H22N2OS/c1-9-11(3-2-8-16-9)13-6-7-14-12(15)10-4-5-10/h9-11,13H,2-8H2,1H3,(H,14,15). The van der Waals surface area contributed by atoms with Gasteiger partial charge in [0.25, 0.3) is 0 Å². The van der Waals surface area contributed by atoms with E-state index in [4.69, 9.17) is 0 Å². The molecule has 0 aromatic heterocycles. The maximum atomic E-state index is 11.4. The largest absolute Gasteiger partial charge is 0.355 e. The zero-order valence-corrected chi connectivity index (χ0v) is 10.8. The summed E-state index contributed by atoms with van der Waals surface area (Å²) in [5.74, 6) is 1.90. The number of amides is 1. The topological polar surface area (TPSA) is 41.1 Å². The molecule has 1 heterocycles. The number of hydrogen-bond acceptors (Lipinski definition) is 3. The Morgan fingerprint density at radius 1 is 1.31 bits per heavy atom. The lowest BCUT2D eigenvalue weighted by atomic mass is 10.1. The van der Waals surface area contributed by atoms with Crippen molar-refractivity contribution in [2.45, 2.75) is 43.9 Å². The first-order chi connectivity index (χ1) is 7.77. The summed E-state index contributed by atoms with van der Waals surface area (Å²) >= 11 is 2.06. The van der Waals surface area contributed by atoms with E-state index in [1.165, 1.54) is 18.6 Å². The zero-order chi connectivity index (χ0) is 11.4. The molecule has 2 rings (SSSR count). The summed E-state index contributed by atoms with van der Waals surface area (Å²) in [5.41, 5.74) is 0. The fourth-order valence-electron chi connectivity index (χ4n) is 2.12. The van der Waals surface area contributed by atoms with Crippen molar-refractivity contribution in [1.29, 1.82) is 0 Å². The number of carbonyl (C=O) groups excluding carboxylic acids is 1. The Morgan fingerprint density at radius 3 is 2.81 bits per heavy atom. The van der Waals surface area contributed by atoms with E-state index in [9.17, 15) is 4.79 Å². The molecule has 1 saturated heterocycles.